The highest BCUT2D eigenvalue weighted by Crippen LogP contribution is 2.07. The van der Waals surface area contributed by atoms with Gasteiger partial charge in [0.2, 0.25) is 0 Å². The van der Waals surface area contributed by atoms with E-state index in [0.29, 0.717) is 6.54 Å². The van der Waals surface area contributed by atoms with Gasteiger partial charge in [-0.3, -0.25) is 0 Å². The van der Waals surface area contributed by atoms with Crippen molar-refractivity contribution in [3.63, 3.8) is 0 Å². The van der Waals surface area contributed by atoms with Gasteiger partial charge in [-0.05, 0) is 12.8 Å². The highest BCUT2D eigenvalue weighted by atomic mass is 32.1. The molecule has 0 bridgehead atoms. The molecule has 0 aliphatic rings. The van der Waals surface area contributed by atoms with Gasteiger partial charge in [0, 0.05) is 5.38 Å². The Hall–Kier alpha value is -1.63. The smallest absolute Gasteiger partial charge is 0.326 e. The molecule has 1 rings (SSSR count). The van der Waals surface area contributed by atoms with Crippen LogP contribution in [0.2, 0.25) is 0 Å². The van der Waals surface area contributed by atoms with Crippen molar-refractivity contribution in [1.29, 1.82) is 0 Å². The van der Waals surface area contributed by atoms with Crippen molar-refractivity contribution in [3.05, 3.63) is 16.1 Å². The fourth-order valence-electron chi connectivity index (χ4n) is 1.37. The molecule has 0 saturated carbocycles. The van der Waals surface area contributed by atoms with Crippen LogP contribution in [0.4, 0.5) is 4.79 Å². The van der Waals surface area contributed by atoms with E-state index < -0.39 is 18.0 Å². The fraction of sp³-hybridized carbons (Fsp3) is 0.545. The molecule has 1 unspecified atom stereocenters. The number of aryl methyl sites for hydroxylation is 1. The molecule has 2 amide bonds. The Labute approximate surface area is 109 Å². The molecule has 18 heavy (non-hydrogen) atoms. The van der Waals surface area contributed by atoms with E-state index in [-0.39, 0.29) is 5.92 Å². The lowest BCUT2D eigenvalue weighted by Crippen LogP contribution is -2.48. The van der Waals surface area contributed by atoms with Gasteiger partial charge in [-0.2, -0.15) is 0 Å². The van der Waals surface area contributed by atoms with Crippen molar-refractivity contribution < 1.29 is 14.7 Å². The molecule has 3 N–H and O–H groups in total. The van der Waals surface area contributed by atoms with Crippen LogP contribution in [0.3, 0.4) is 0 Å². The van der Waals surface area contributed by atoms with Gasteiger partial charge in [-0.25, -0.2) is 14.6 Å². The van der Waals surface area contributed by atoms with Crippen LogP contribution in [-0.4, -0.2) is 28.1 Å². The molecule has 0 aliphatic carbocycles. The number of hydrogen-bond donors (Lipinski definition) is 3. The van der Waals surface area contributed by atoms with E-state index >= 15 is 0 Å². The quantitative estimate of drug-likeness (QED) is 0.754. The summed E-state index contributed by atoms with van der Waals surface area (Å²) in [7, 11) is 0. The monoisotopic (exact) mass is 271 g/mol. The Morgan fingerprint density at radius 1 is 1.50 bits per heavy atom. The zero-order chi connectivity index (χ0) is 13.7. The third kappa shape index (κ3) is 4.33. The minimum Gasteiger partial charge on any atom is -0.480 e. The predicted octanol–water partition coefficient (Wildman–Crippen LogP) is 1.36. The second-order valence-corrected chi connectivity index (χ2v) is 5.31. The number of amides is 2. The summed E-state index contributed by atoms with van der Waals surface area (Å²) < 4.78 is 0. The number of carboxylic acid groups (broad SMARTS) is 1. The van der Waals surface area contributed by atoms with Crippen LogP contribution < -0.4 is 10.6 Å². The van der Waals surface area contributed by atoms with Gasteiger partial charge in [-0.15, -0.1) is 11.3 Å². The van der Waals surface area contributed by atoms with E-state index in [2.05, 4.69) is 15.6 Å². The predicted molar refractivity (Wildman–Crippen MR) is 68.5 cm³/mol. The number of rotatable bonds is 5. The SMILES string of the molecule is Cc1nc(CNC(=O)NC(C(=O)O)C(C)C)cs1. The average molecular weight is 271 g/mol. The molecule has 1 aromatic heterocycles. The molecule has 0 saturated heterocycles. The van der Waals surface area contributed by atoms with Crippen LogP contribution in [0.5, 0.6) is 0 Å². The van der Waals surface area contributed by atoms with Crippen molar-refractivity contribution in [2.45, 2.75) is 33.4 Å². The molecular weight excluding hydrogens is 254 g/mol. The summed E-state index contributed by atoms with van der Waals surface area (Å²) in [6.45, 7) is 5.65. The number of nitrogens with one attached hydrogen (secondary N) is 2. The molecular formula is C11H17N3O3S. The van der Waals surface area contributed by atoms with Crippen LogP contribution in [0.1, 0.15) is 24.5 Å². The first-order valence-electron chi connectivity index (χ1n) is 5.58. The number of carbonyl (C=O) groups excluding carboxylic acids is 1. The Balaban J connectivity index is 2.43. The number of carboxylic acids is 1. The lowest BCUT2D eigenvalue weighted by Gasteiger charge is -2.17. The minimum atomic E-state index is -1.04. The van der Waals surface area contributed by atoms with Crippen molar-refractivity contribution in [2.75, 3.05) is 0 Å². The summed E-state index contributed by atoms with van der Waals surface area (Å²) in [5, 5.41) is 16.7. The maximum absolute atomic E-state index is 11.5. The van der Waals surface area contributed by atoms with Gasteiger partial charge in [0.15, 0.2) is 0 Å². The van der Waals surface area contributed by atoms with Crippen molar-refractivity contribution in [2.24, 2.45) is 5.92 Å². The maximum Gasteiger partial charge on any atom is 0.326 e. The fourth-order valence-corrected chi connectivity index (χ4v) is 1.98. The van der Waals surface area contributed by atoms with E-state index in [9.17, 15) is 9.59 Å². The van der Waals surface area contributed by atoms with Gasteiger partial charge in [-0.1, -0.05) is 13.8 Å². The molecule has 0 aliphatic heterocycles. The largest absolute Gasteiger partial charge is 0.480 e. The summed E-state index contributed by atoms with van der Waals surface area (Å²) >= 11 is 1.50. The van der Waals surface area contributed by atoms with Gasteiger partial charge in [0.1, 0.15) is 6.04 Å². The van der Waals surface area contributed by atoms with Gasteiger partial charge < -0.3 is 15.7 Å². The Kier molecular flexibility index (Phi) is 5.08. The topological polar surface area (TPSA) is 91.3 Å². The lowest BCUT2D eigenvalue weighted by atomic mass is 10.1. The standard InChI is InChI=1S/C11H17N3O3S/c1-6(2)9(10(15)16)14-11(17)12-4-8-5-18-7(3)13-8/h5-6,9H,4H2,1-3H3,(H,15,16)(H2,12,14,17). The van der Waals surface area contributed by atoms with Crippen LogP contribution >= 0.6 is 11.3 Å². The van der Waals surface area contributed by atoms with E-state index in [1.807, 2.05) is 12.3 Å². The average Bonchev–Trinajstić information content (AvgIpc) is 2.68. The second-order valence-electron chi connectivity index (χ2n) is 4.24. The van der Waals surface area contributed by atoms with E-state index in [1.165, 1.54) is 11.3 Å². The van der Waals surface area contributed by atoms with Gasteiger partial charge in [0.05, 0.1) is 17.2 Å². The molecule has 1 atom stereocenters. The third-order valence-corrected chi connectivity index (χ3v) is 3.14. The molecule has 0 radical (unpaired) electrons. The Morgan fingerprint density at radius 2 is 2.17 bits per heavy atom. The van der Waals surface area contributed by atoms with Crippen molar-refractivity contribution >= 4 is 23.3 Å². The highest BCUT2D eigenvalue weighted by molar-refractivity contribution is 7.09. The summed E-state index contributed by atoms with van der Waals surface area (Å²) in [5.41, 5.74) is 0.768. The van der Waals surface area contributed by atoms with Crippen molar-refractivity contribution in [1.82, 2.24) is 15.6 Å². The zero-order valence-corrected chi connectivity index (χ0v) is 11.4. The highest BCUT2D eigenvalue weighted by Gasteiger charge is 2.23. The number of nitrogens with zero attached hydrogens (tertiary/aromatic N) is 1. The first-order valence-corrected chi connectivity index (χ1v) is 6.46. The summed E-state index contributed by atoms with van der Waals surface area (Å²) in [4.78, 5) is 26.6. The van der Waals surface area contributed by atoms with E-state index in [4.69, 9.17) is 5.11 Å². The van der Waals surface area contributed by atoms with E-state index in [0.717, 1.165) is 10.7 Å². The number of aromatic nitrogens is 1. The molecule has 6 nitrogen and oxygen atoms in total. The first-order chi connectivity index (χ1) is 8.40. The molecule has 1 aromatic rings. The second kappa shape index (κ2) is 6.34. The third-order valence-electron chi connectivity index (χ3n) is 2.32. The van der Waals surface area contributed by atoms with Crippen LogP contribution in [0, 0.1) is 12.8 Å². The number of thiazole rings is 1. The molecule has 1 heterocycles. The Morgan fingerprint density at radius 3 is 2.61 bits per heavy atom. The number of carbonyl (C=O) groups is 2. The van der Waals surface area contributed by atoms with E-state index in [1.54, 1.807) is 13.8 Å². The molecule has 100 valence electrons. The summed E-state index contributed by atoms with van der Waals surface area (Å²) in [5.74, 6) is -1.21. The van der Waals surface area contributed by atoms with Crippen LogP contribution in [0.25, 0.3) is 0 Å². The van der Waals surface area contributed by atoms with Gasteiger partial charge in [0.25, 0.3) is 0 Å². The first kappa shape index (κ1) is 14.4. The summed E-state index contributed by atoms with van der Waals surface area (Å²) in [6, 6.07) is -1.39. The molecule has 0 spiro atoms. The lowest BCUT2D eigenvalue weighted by molar-refractivity contribution is -0.140. The van der Waals surface area contributed by atoms with Gasteiger partial charge >= 0.3 is 12.0 Å². The van der Waals surface area contributed by atoms with Crippen LogP contribution in [0.15, 0.2) is 5.38 Å². The molecule has 0 fully saturated rings. The number of hydrogen-bond acceptors (Lipinski definition) is 4. The molecule has 0 aromatic carbocycles. The van der Waals surface area contributed by atoms with Crippen molar-refractivity contribution in [3.8, 4) is 0 Å². The maximum atomic E-state index is 11.5. The Bertz CT molecular complexity index is 431. The zero-order valence-electron chi connectivity index (χ0n) is 10.6. The molecule has 7 heteroatoms. The minimum absolute atomic E-state index is 0.172. The number of aliphatic carboxylic acids is 1. The summed E-state index contributed by atoms with van der Waals surface area (Å²) in [6.07, 6.45) is 0. The number of urea groups is 1. The normalized spacial score (nSPS) is 12.2. The van der Waals surface area contributed by atoms with Crippen LogP contribution in [-0.2, 0) is 11.3 Å².